The van der Waals surface area contributed by atoms with Crippen molar-refractivity contribution in [1.29, 1.82) is 0 Å². The highest BCUT2D eigenvalue weighted by atomic mass is 16.6. The first-order valence-electron chi connectivity index (χ1n) is 8.70. The summed E-state index contributed by atoms with van der Waals surface area (Å²) < 4.78 is 21.5. The van der Waals surface area contributed by atoms with Gasteiger partial charge in [0.2, 0.25) is 5.75 Å². The van der Waals surface area contributed by atoms with Gasteiger partial charge in [0.1, 0.15) is 13.2 Å². The molecule has 2 aromatic rings. The summed E-state index contributed by atoms with van der Waals surface area (Å²) in [7, 11) is 1.48. The molecule has 140 valence electrons. The number of methoxy groups -OCH3 is 1. The largest absolute Gasteiger partial charge is 0.493 e. The SMILES string of the molecule is COc1cc(C(=O)OCC(=O)N2CCc3ccccc32)cc2c1OCCO2. The van der Waals surface area contributed by atoms with Crippen LogP contribution in [0.4, 0.5) is 5.69 Å². The van der Waals surface area contributed by atoms with Gasteiger partial charge >= 0.3 is 5.97 Å². The van der Waals surface area contributed by atoms with E-state index in [4.69, 9.17) is 18.9 Å². The molecule has 2 heterocycles. The number of ether oxygens (including phenoxy) is 4. The fourth-order valence-electron chi connectivity index (χ4n) is 3.28. The summed E-state index contributed by atoms with van der Waals surface area (Å²) in [5.41, 5.74) is 2.24. The minimum atomic E-state index is -0.619. The Bertz CT molecular complexity index is 877. The molecule has 4 rings (SSSR count). The van der Waals surface area contributed by atoms with E-state index in [9.17, 15) is 9.59 Å². The number of rotatable bonds is 4. The van der Waals surface area contributed by atoms with Gasteiger partial charge < -0.3 is 23.8 Å². The molecule has 0 bridgehead atoms. The third-order valence-electron chi connectivity index (χ3n) is 4.58. The van der Waals surface area contributed by atoms with Crippen LogP contribution in [0, 0.1) is 0 Å². The van der Waals surface area contributed by atoms with Crippen LogP contribution in [0.1, 0.15) is 15.9 Å². The van der Waals surface area contributed by atoms with Gasteiger partial charge in [-0.2, -0.15) is 0 Å². The zero-order valence-electron chi connectivity index (χ0n) is 14.9. The molecule has 0 aromatic heterocycles. The van der Waals surface area contributed by atoms with Gasteiger partial charge in [0.25, 0.3) is 5.91 Å². The second-order valence-corrected chi connectivity index (χ2v) is 6.20. The monoisotopic (exact) mass is 369 g/mol. The van der Waals surface area contributed by atoms with E-state index in [0.717, 1.165) is 17.7 Å². The summed E-state index contributed by atoms with van der Waals surface area (Å²) in [4.78, 5) is 26.5. The zero-order chi connectivity index (χ0) is 18.8. The van der Waals surface area contributed by atoms with E-state index in [2.05, 4.69) is 0 Å². The van der Waals surface area contributed by atoms with Crippen LogP contribution in [-0.4, -0.2) is 45.4 Å². The standard InChI is InChI=1S/C20H19NO6/c1-24-16-10-14(11-17-19(16)26-9-8-25-17)20(23)27-12-18(22)21-7-6-13-4-2-3-5-15(13)21/h2-5,10-11H,6-9,12H2,1H3. The van der Waals surface area contributed by atoms with Gasteiger partial charge in [-0.05, 0) is 30.2 Å². The molecule has 7 heteroatoms. The van der Waals surface area contributed by atoms with Gasteiger partial charge in [0.05, 0.1) is 12.7 Å². The second kappa shape index (κ2) is 7.19. The summed E-state index contributed by atoms with van der Waals surface area (Å²) in [6, 6.07) is 10.8. The number of carbonyl (C=O) groups excluding carboxylic acids is 2. The molecule has 0 N–H and O–H groups in total. The molecule has 0 aliphatic carbocycles. The van der Waals surface area contributed by atoms with Crippen LogP contribution in [-0.2, 0) is 16.0 Å². The van der Waals surface area contributed by atoms with Crippen LogP contribution in [0.25, 0.3) is 0 Å². The molecule has 2 aliphatic rings. The Morgan fingerprint density at radius 3 is 2.81 bits per heavy atom. The van der Waals surface area contributed by atoms with Gasteiger partial charge in [-0.1, -0.05) is 18.2 Å². The fourth-order valence-corrected chi connectivity index (χ4v) is 3.28. The van der Waals surface area contributed by atoms with Crippen molar-refractivity contribution in [2.24, 2.45) is 0 Å². The topological polar surface area (TPSA) is 74.3 Å². The van der Waals surface area contributed by atoms with Crippen LogP contribution >= 0.6 is 0 Å². The number of benzene rings is 2. The Balaban J connectivity index is 1.45. The molecule has 0 unspecified atom stereocenters. The van der Waals surface area contributed by atoms with Crippen LogP contribution < -0.4 is 19.1 Å². The Morgan fingerprint density at radius 2 is 1.96 bits per heavy atom. The van der Waals surface area contributed by atoms with Gasteiger partial charge in [0.15, 0.2) is 18.1 Å². The first-order chi connectivity index (χ1) is 13.2. The first-order valence-corrected chi connectivity index (χ1v) is 8.70. The predicted octanol–water partition coefficient (Wildman–Crippen LogP) is 2.21. The van der Waals surface area contributed by atoms with Crippen molar-refractivity contribution in [3.05, 3.63) is 47.5 Å². The molecule has 0 saturated heterocycles. The Morgan fingerprint density at radius 1 is 1.15 bits per heavy atom. The number of hydrogen-bond acceptors (Lipinski definition) is 6. The highest BCUT2D eigenvalue weighted by molar-refractivity contribution is 5.98. The molecule has 7 nitrogen and oxygen atoms in total. The normalized spacial score (nSPS) is 14.5. The maximum Gasteiger partial charge on any atom is 0.338 e. The van der Waals surface area contributed by atoms with Crippen LogP contribution in [0.2, 0.25) is 0 Å². The molecule has 0 fully saturated rings. The van der Waals surface area contributed by atoms with E-state index in [1.165, 1.54) is 19.2 Å². The van der Waals surface area contributed by atoms with Gasteiger partial charge in [-0.25, -0.2) is 4.79 Å². The maximum absolute atomic E-state index is 12.5. The zero-order valence-corrected chi connectivity index (χ0v) is 14.9. The number of nitrogens with zero attached hydrogens (tertiary/aromatic N) is 1. The number of fused-ring (bicyclic) bond motifs is 2. The second-order valence-electron chi connectivity index (χ2n) is 6.20. The minimum absolute atomic E-state index is 0.241. The van der Waals surface area contributed by atoms with Crippen LogP contribution in [0.15, 0.2) is 36.4 Å². The van der Waals surface area contributed by atoms with E-state index in [-0.39, 0.29) is 18.1 Å². The number of amides is 1. The summed E-state index contributed by atoms with van der Waals surface area (Å²) in [6.07, 6.45) is 0.801. The van der Waals surface area contributed by atoms with Gasteiger partial charge in [-0.3, -0.25) is 4.79 Å². The van der Waals surface area contributed by atoms with Gasteiger partial charge in [-0.15, -0.1) is 0 Å². The van der Waals surface area contributed by atoms with Crippen molar-refractivity contribution in [3.8, 4) is 17.2 Å². The molecule has 1 amide bonds. The smallest absolute Gasteiger partial charge is 0.338 e. The van der Waals surface area contributed by atoms with Crippen molar-refractivity contribution in [3.63, 3.8) is 0 Å². The lowest BCUT2D eigenvalue weighted by atomic mass is 10.1. The van der Waals surface area contributed by atoms with E-state index in [1.54, 1.807) is 4.90 Å². The average Bonchev–Trinajstić information content (AvgIpc) is 3.15. The van der Waals surface area contributed by atoms with Crippen molar-refractivity contribution in [2.45, 2.75) is 6.42 Å². The lowest BCUT2D eigenvalue weighted by molar-refractivity contribution is -0.121. The maximum atomic E-state index is 12.5. The highest BCUT2D eigenvalue weighted by Crippen LogP contribution is 2.40. The van der Waals surface area contributed by atoms with Crippen molar-refractivity contribution >= 4 is 17.6 Å². The Labute approximate surface area is 156 Å². The van der Waals surface area contributed by atoms with Crippen LogP contribution in [0.5, 0.6) is 17.2 Å². The fraction of sp³-hybridized carbons (Fsp3) is 0.300. The van der Waals surface area contributed by atoms with Crippen molar-refractivity contribution in [1.82, 2.24) is 0 Å². The number of para-hydroxylation sites is 1. The van der Waals surface area contributed by atoms with Gasteiger partial charge in [0, 0.05) is 12.2 Å². The summed E-state index contributed by atoms with van der Waals surface area (Å²) in [6.45, 7) is 1.07. The lowest BCUT2D eigenvalue weighted by Crippen LogP contribution is -2.33. The molecule has 0 spiro atoms. The highest BCUT2D eigenvalue weighted by Gasteiger charge is 2.26. The summed E-state index contributed by atoms with van der Waals surface area (Å²) in [5, 5.41) is 0. The third-order valence-corrected chi connectivity index (χ3v) is 4.58. The predicted molar refractivity (Wildman–Crippen MR) is 96.8 cm³/mol. The molecular weight excluding hydrogens is 350 g/mol. The lowest BCUT2D eigenvalue weighted by Gasteiger charge is -2.21. The first kappa shape index (κ1) is 17.2. The minimum Gasteiger partial charge on any atom is -0.493 e. The van der Waals surface area contributed by atoms with E-state index < -0.39 is 5.97 Å². The molecular formula is C20H19NO6. The van der Waals surface area contributed by atoms with E-state index >= 15 is 0 Å². The molecule has 0 atom stereocenters. The Kier molecular flexibility index (Phi) is 4.58. The quantitative estimate of drug-likeness (QED) is 0.770. The number of carbonyl (C=O) groups is 2. The molecule has 0 saturated carbocycles. The third kappa shape index (κ3) is 3.28. The van der Waals surface area contributed by atoms with E-state index in [1.807, 2.05) is 24.3 Å². The number of esters is 1. The Hall–Kier alpha value is -3.22. The van der Waals surface area contributed by atoms with Crippen molar-refractivity contribution < 1.29 is 28.5 Å². The van der Waals surface area contributed by atoms with Crippen molar-refractivity contribution in [2.75, 3.05) is 38.4 Å². The molecule has 27 heavy (non-hydrogen) atoms. The van der Waals surface area contributed by atoms with E-state index in [0.29, 0.717) is 37.0 Å². The number of hydrogen-bond donors (Lipinski definition) is 0. The molecule has 2 aromatic carbocycles. The summed E-state index contributed by atoms with van der Waals surface area (Å²) in [5.74, 6) is 0.403. The molecule has 0 radical (unpaired) electrons. The molecule has 2 aliphatic heterocycles. The number of anilines is 1. The van der Waals surface area contributed by atoms with Crippen LogP contribution in [0.3, 0.4) is 0 Å². The average molecular weight is 369 g/mol. The summed E-state index contributed by atoms with van der Waals surface area (Å²) >= 11 is 0.